The number of hydrogen-bond donors (Lipinski definition) is 1. The molecule has 0 bridgehead atoms. The maximum Gasteiger partial charge on any atom is 0.227 e. The zero-order valence-electron chi connectivity index (χ0n) is 16.8. The maximum atomic E-state index is 12.3. The van der Waals surface area contributed by atoms with Gasteiger partial charge in [0.25, 0.3) is 0 Å². The van der Waals surface area contributed by atoms with E-state index in [1.54, 1.807) is 18.1 Å². The largest absolute Gasteiger partial charge is 0.496 e. The summed E-state index contributed by atoms with van der Waals surface area (Å²) in [5.41, 5.74) is 2.58. The Labute approximate surface area is 176 Å². The lowest BCUT2D eigenvalue weighted by Crippen LogP contribution is -2.24. The molecule has 1 heterocycles. The summed E-state index contributed by atoms with van der Waals surface area (Å²) in [6.07, 6.45) is 1.87. The second-order valence-corrected chi connectivity index (χ2v) is 7.62. The van der Waals surface area contributed by atoms with Gasteiger partial charge in [-0.3, -0.25) is 9.59 Å². The predicted molar refractivity (Wildman–Crippen MR) is 116 cm³/mol. The van der Waals surface area contributed by atoms with Gasteiger partial charge in [-0.05, 0) is 55.9 Å². The van der Waals surface area contributed by atoms with Crippen LogP contribution in [-0.2, 0) is 16.1 Å². The van der Waals surface area contributed by atoms with E-state index < -0.39 is 0 Å². The lowest BCUT2D eigenvalue weighted by molar-refractivity contribution is -0.117. The van der Waals surface area contributed by atoms with Crippen LogP contribution in [0.25, 0.3) is 0 Å². The van der Waals surface area contributed by atoms with Gasteiger partial charge in [0.1, 0.15) is 5.75 Å². The molecule has 1 aliphatic heterocycles. The molecule has 2 amide bonds. The molecule has 154 valence electrons. The summed E-state index contributed by atoms with van der Waals surface area (Å²) >= 11 is 6.08. The van der Waals surface area contributed by atoms with Crippen molar-refractivity contribution in [3.8, 4) is 5.75 Å². The Balaban J connectivity index is 1.48. The standard InChI is InChI=1S/C22H26ClN3O3/c1-25(15-16-14-17(23)5-10-20(16)29-2)13-11-21(27)24-18-6-8-19(9-7-18)26-12-3-4-22(26)28/h5-10,14H,3-4,11-13,15H2,1-2H3,(H,24,27). The molecule has 2 aromatic carbocycles. The summed E-state index contributed by atoms with van der Waals surface area (Å²) in [7, 11) is 3.58. The fraction of sp³-hybridized carbons (Fsp3) is 0.364. The molecule has 0 atom stereocenters. The predicted octanol–water partition coefficient (Wildman–Crippen LogP) is 3.94. The molecule has 1 aliphatic rings. The highest BCUT2D eigenvalue weighted by molar-refractivity contribution is 6.30. The van der Waals surface area contributed by atoms with Crippen molar-refractivity contribution in [2.45, 2.75) is 25.8 Å². The van der Waals surface area contributed by atoms with Gasteiger partial charge in [-0.2, -0.15) is 0 Å². The van der Waals surface area contributed by atoms with Crippen LogP contribution >= 0.6 is 11.6 Å². The van der Waals surface area contributed by atoms with Crippen LogP contribution in [0.4, 0.5) is 11.4 Å². The molecule has 0 aliphatic carbocycles. The first-order valence-corrected chi connectivity index (χ1v) is 10.1. The van der Waals surface area contributed by atoms with Gasteiger partial charge in [-0.15, -0.1) is 0 Å². The normalized spacial score (nSPS) is 13.8. The van der Waals surface area contributed by atoms with E-state index in [2.05, 4.69) is 10.2 Å². The Morgan fingerprint density at radius 1 is 1.24 bits per heavy atom. The molecule has 0 aromatic heterocycles. The molecular formula is C22H26ClN3O3. The highest BCUT2D eigenvalue weighted by Crippen LogP contribution is 2.24. The van der Waals surface area contributed by atoms with Crippen LogP contribution in [0.3, 0.4) is 0 Å². The highest BCUT2D eigenvalue weighted by Gasteiger charge is 2.21. The fourth-order valence-corrected chi connectivity index (χ4v) is 3.60. The van der Waals surface area contributed by atoms with Crippen LogP contribution in [-0.4, -0.2) is 44.0 Å². The molecule has 0 spiro atoms. The number of benzene rings is 2. The number of methoxy groups -OCH3 is 1. The van der Waals surface area contributed by atoms with Crippen LogP contribution in [0.2, 0.25) is 5.02 Å². The van der Waals surface area contributed by atoms with Crippen LogP contribution in [0.15, 0.2) is 42.5 Å². The van der Waals surface area contributed by atoms with Crippen molar-refractivity contribution in [1.82, 2.24) is 4.90 Å². The van der Waals surface area contributed by atoms with Gasteiger partial charge in [0.05, 0.1) is 7.11 Å². The highest BCUT2D eigenvalue weighted by atomic mass is 35.5. The number of carbonyl (C=O) groups is 2. The van der Waals surface area contributed by atoms with Crippen LogP contribution in [0.5, 0.6) is 5.75 Å². The second-order valence-electron chi connectivity index (χ2n) is 7.19. The van der Waals surface area contributed by atoms with E-state index in [9.17, 15) is 9.59 Å². The summed E-state index contributed by atoms with van der Waals surface area (Å²) < 4.78 is 5.37. The van der Waals surface area contributed by atoms with Crippen molar-refractivity contribution in [2.24, 2.45) is 0 Å². The van der Waals surface area contributed by atoms with Crippen molar-refractivity contribution in [2.75, 3.05) is 37.5 Å². The number of ether oxygens (including phenoxy) is 1. The maximum absolute atomic E-state index is 12.3. The zero-order valence-corrected chi connectivity index (χ0v) is 17.5. The van der Waals surface area contributed by atoms with Gasteiger partial charge < -0.3 is 19.9 Å². The van der Waals surface area contributed by atoms with Gasteiger partial charge >= 0.3 is 0 Å². The Bertz CT molecular complexity index is 870. The Morgan fingerprint density at radius 3 is 2.66 bits per heavy atom. The van der Waals surface area contributed by atoms with E-state index >= 15 is 0 Å². The monoisotopic (exact) mass is 415 g/mol. The average molecular weight is 416 g/mol. The number of halogens is 1. The first kappa shape index (κ1) is 21.1. The lowest BCUT2D eigenvalue weighted by Gasteiger charge is -2.19. The minimum atomic E-state index is -0.0556. The molecule has 6 nitrogen and oxygen atoms in total. The topological polar surface area (TPSA) is 61.9 Å². The van der Waals surface area contributed by atoms with Gasteiger partial charge in [0.2, 0.25) is 11.8 Å². The molecule has 7 heteroatoms. The van der Waals surface area contributed by atoms with E-state index in [-0.39, 0.29) is 11.8 Å². The van der Waals surface area contributed by atoms with E-state index in [0.717, 1.165) is 35.7 Å². The molecule has 0 radical (unpaired) electrons. The molecule has 2 aromatic rings. The number of amides is 2. The molecule has 1 N–H and O–H groups in total. The average Bonchev–Trinajstić information content (AvgIpc) is 3.13. The van der Waals surface area contributed by atoms with Crippen molar-refractivity contribution < 1.29 is 14.3 Å². The van der Waals surface area contributed by atoms with E-state index in [0.29, 0.717) is 31.0 Å². The zero-order chi connectivity index (χ0) is 20.8. The van der Waals surface area contributed by atoms with Gasteiger partial charge in [0, 0.05) is 54.4 Å². The molecular weight excluding hydrogens is 390 g/mol. The molecule has 0 unspecified atom stereocenters. The number of anilines is 2. The van der Waals surface area contributed by atoms with E-state index in [4.69, 9.17) is 16.3 Å². The smallest absolute Gasteiger partial charge is 0.227 e. The third-order valence-corrected chi connectivity index (χ3v) is 5.17. The minimum absolute atomic E-state index is 0.0556. The first-order chi connectivity index (χ1) is 14.0. The van der Waals surface area contributed by atoms with E-state index in [1.807, 2.05) is 43.4 Å². The van der Waals surface area contributed by atoms with Crippen molar-refractivity contribution in [3.05, 3.63) is 53.1 Å². The number of hydrogen-bond acceptors (Lipinski definition) is 4. The molecule has 3 rings (SSSR count). The van der Waals surface area contributed by atoms with Crippen LogP contribution in [0, 0.1) is 0 Å². The number of nitrogens with zero attached hydrogens (tertiary/aromatic N) is 2. The molecule has 0 saturated carbocycles. The fourth-order valence-electron chi connectivity index (χ4n) is 3.40. The molecule has 29 heavy (non-hydrogen) atoms. The summed E-state index contributed by atoms with van der Waals surface area (Å²) in [6, 6.07) is 12.9. The quantitative estimate of drug-likeness (QED) is 0.709. The van der Waals surface area contributed by atoms with Crippen molar-refractivity contribution in [1.29, 1.82) is 0 Å². The summed E-state index contributed by atoms with van der Waals surface area (Å²) in [6.45, 7) is 1.99. The first-order valence-electron chi connectivity index (χ1n) is 9.67. The number of carbonyl (C=O) groups excluding carboxylic acids is 2. The van der Waals surface area contributed by atoms with E-state index in [1.165, 1.54) is 0 Å². The Kier molecular flexibility index (Phi) is 7.12. The lowest BCUT2D eigenvalue weighted by atomic mass is 10.2. The number of nitrogens with one attached hydrogen (secondary N) is 1. The Morgan fingerprint density at radius 2 is 2.00 bits per heavy atom. The van der Waals surface area contributed by atoms with Gasteiger partial charge in [-0.25, -0.2) is 0 Å². The Hall–Kier alpha value is -2.57. The third-order valence-electron chi connectivity index (χ3n) is 4.94. The third kappa shape index (κ3) is 5.71. The van der Waals surface area contributed by atoms with Crippen molar-refractivity contribution >= 4 is 34.8 Å². The van der Waals surface area contributed by atoms with Crippen molar-refractivity contribution in [3.63, 3.8) is 0 Å². The molecule has 1 saturated heterocycles. The summed E-state index contributed by atoms with van der Waals surface area (Å²) in [5.74, 6) is 0.878. The van der Waals surface area contributed by atoms with Gasteiger partial charge in [-0.1, -0.05) is 11.6 Å². The second kappa shape index (κ2) is 9.76. The SMILES string of the molecule is COc1ccc(Cl)cc1CN(C)CCC(=O)Nc1ccc(N2CCCC2=O)cc1. The number of rotatable bonds is 8. The molecule has 1 fully saturated rings. The minimum Gasteiger partial charge on any atom is -0.496 e. The van der Waals surface area contributed by atoms with Crippen LogP contribution < -0.4 is 15.0 Å². The summed E-state index contributed by atoms with van der Waals surface area (Å²) in [4.78, 5) is 27.9. The summed E-state index contributed by atoms with van der Waals surface area (Å²) in [5, 5.41) is 3.57. The van der Waals surface area contributed by atoms with Gasteiger partial charge in [0.15, 0.2) is 0 Å². The van der Waals surface area contributed by atoms with Crippen LogP contribution in [0.1, 0.15) is 24.8 Å².